The van der Waals surface area contributed by atoms with Crippen molar-refractivity contribution in [2.24, 2.45) is 0 Å². The molecule has 28 heavy (non-hydrogen) atoms. The molecule has 0 saturated carbocycles. The van der Waals surface area contributed by atoms with E-state index in [1.54, 1.807) is 48.2 Å². The van der Waals surface area contributed by atoms with Crippen molar-refractivity contribution in [2.75, 3.05) is 18.9 Å². The zero-order valence-corrected chi connectivity index (χ0v) is 16.3. The summed E-state index contributed by atoms with van der Waals surface area (Å²) in [7, 11) is 0. The molecule has 6 nitrogen and oxygen atoms in total. The predicted molar refractivity (Wildman–Crippen MR) is 110 cm³/mol. The highest BCUT2D eigenvalue weighted by molar-refractivity contribution is 7.99. The smallest absolute Gasteiger partial charge is 0.355 e. The maximum atomic E-state index is 12.1. The summed E-state index contributed by atoms with van der Waals surface area (Å²) in [6, 6.07) is 15.4. The topological polar surface area (TPSA) is 88.3 Å². The molecular weight excluding hydrogens is 400 g/mol. The Morgan fingerprint density at radius 2 is 1.86 bits per heavy atom. The highest BCUT2D eigenvalue weighted by atomic mass is 35.5. The van der Waals surface area contributed by atoms with Crippen molar-refractivity contribution >= 4 is 46.1 Å². The van der Waals surface area contributed by atoms with E-state index in [4.69, 9.17) is 16.3 Å². The summed E-state index contributed by atoms with van der Waals surface area (Å²) in [5.74, 6) is -0.499. The summed E-state index contributed by atoms with van der Waals surface area (Å²) in [6.07, 6.45) is 0. The van der Waals surface area contributed by atoms with Gasteiger partial charge in [0.15, 0.2) is 12.0 Å². The van der Waals surface area contributed by atoms with Gasteiger partial charge in [-0.1, -0.05) is 23.7 Å². The van der Waals surface area contributed by atoms with E-state index in [-0.39, 0.29) is 11.1 Å². The van der Waals surface area contributed by atoms with Crippen molar-refractivity contribution in [3.8, 4) is 0 Å². The van der Waals surface area contributed by atoms with Crippen molar-refractivity contribution in [3.63, 3.8) is 0 Å². The van der Waals surface area contributed by atoms with Gasteiger partial charge in [-0.3, -0.25) is 9.59 Å². The standard InChI is InChI=1S/C20H17ClN2O4S/c21-13-5-7-14(8-6-13)28-10-9-22-19(25)12-27-20(26)17-11-18(24)15-3-1-2-4-16(15)23-17/h1-8,11H,9-10,12H2,(H,22,25)(H,23,24). The Morgan fingerprint density at radius 3 is 2.64 bits per heavy atom. The van der Waals surface area contributed by atoms with Gasteiger partial charge >= 0.3 is 5.97 Å². The van der Waals surface area contributed by atoms with Crippen molar-refractivity contribution in [1.29, 1.82) is 0 Å². The molecule has 0 aliphatic rings. The highest BCUT2D eigenvalue weighted by Gasteiger charge is 2.13. The monoisotopic (exact) mass is 416 g/mol. The molecule has 0 spiro atoms. The second-order valence-electron chi connectivity index (χ2n) is 5.82. The molecule has 1 heterocycles. The third-order valence-electron chi connectivity index (χ3n) is 3.80. The van der Waals surface area contributed by atoms with Gasteiger partial charge in [0.05, 0.1) is 0 Å². The number of ether oxygens (including phenoxy) is 1. The number of amides is 1. The van der Waals surface area contributed by atoms with Crippen molar-refractivity contribution in [1.82, 2.24) is 10.3 Å². The first kappa shape index (κ1) is 20.0. The van der Waals surface area contributed by atoms with E-state index in [1.165, 1.54) is 6.07 Å². The van der Waals surface area contributed by atoms with E-state index in [9.17, 15) is 14.4 Å². The second kappa shape index (κ2) is 9.43. The molecule has 0 unspecified atom stereocenters. The summed E-state index contributed by atoms with van der Waals surface area (Å²) in [5, 5.41) is 3.83. The molecule has 0 aliphatic carbocycles. The van der Waals surface area contributed by atoms with Crippen LogP contribution in [0.25, 0.3) is 10.9 Å². The summed E-state index contributed by atoms with van der Waals surface area (Å²) in [6.45, 7) is 0.00971. The lowest BCUT2D eigenvalue weighted by Gasteiger charge is -2.07. The van der Waals surface area contributed by atoms with Gasteiger partial charge < -0.3 is 15.0 Å². The summed E-state index contributed by atoms with van der Waals surface area (Å²) < 4.78 is 4.98. The molecule has 1 aromatic heterocycles. The number of aromatic nitrogens is 1. The Kier molecular flexibility index (Phi) is 6.73. The van der Waals surface area contributed by atoms with E-state index >= 15 is 0 Å². The number of carbonyl (C=O) groups excluding carboxylic acids is 2. The molecule has 0 saturated heterocycles. The zero-order chi connectivity index (χ0) is 19.9. The number of aromatic amines is 1. The fourth-order valence-corrected chi connectivity index (χ4v) is 3.35. The van der Waals surface area contributed by atoms with Crippen LogP contribution in [0.5, 0.6) is 0 Å². The molecule has 3 aromatic rings. The number of carbonyl (C=O) groups is 2. The Hall–Kier alpha value is -2.77. The SMILES string of the molecule is O=C(COC(=O)c1cc(=O)c2ccccc2[nH]1)NCCSc1ccc(Cl)cc1. The molecule has 8 heteroatoms. The van der Waals surface area contributed by atoms with Crippen molar-refractivity contribution < 1.29 is 14.3 Å². The largest absolute Gasteiger partial charge is 0.451 e. The molecule has 0 bridgehead atoms. The average molecular weight is 417 g/mol. The van der Waals surface area contributed by atoms with Crippen molar-refractivity contribution in [2.45, 2.75) is 4.90 Å². The van der Waals surface area contributed by atoms with E-state index < -0.39 is 18.5 Å². The Labute approximate surface area is 170 Å². The Morgan fingerprint density at radius 1 is 1.11 bits per heavy atom. The number of hydrogen-bond acceptors (Lipinski definition) is 5. The normalized spacial score (nSPS) is 10.6. The lowest BCUT2D eigenvalue weighted by Crippen LogP contribution is -2.30. The number of fused-ring (bicyclic) bond motifs is 1. The molecule has 0 radical (unpaired) electrons. The number of rotatable bonds is 7. The minimum Gasteiger partial charge on any atom is -0.451 e. The third-order valence-corrected chi connectivity index (χ3v) is 5.06. The number of H-pyrrole nitrogens is 1. The van der Waals surface area contributed by atoms with E-state index in [1.807, 2.05) is 12.1 Å². The van der Waals surface area contributed by atoms with Crippen LogP contribution in [0, 0.1) is 0 Å². The van der Waals surface area contributed by atoms with Gasteiger partial charge in [0.2, 0.25) is 0 Å². The van der Waals surface area contributed by atoms with Gasteiger partial charge in [-0.25, -0.2) is 4.79 Å². The molecule has 0 aliphatic heterocycles. The van der Waals surface area contributed by atoms with Crippen LogP contribution in [0.1, 0.15) is 10.5 Å². The number of esters is 1. The zero-order valence-electron chi connectivity index (χ0n) is 14.7. The first-order valence-electron chi connectivity index (χ1n) is 8.47. The van der Waals surface area contributed by atoms with E-state index in [2.05, 4.69) is 10.3 Å². The second-order valence-corrected chi connectivity index (χ2v) is 7.43. The lowest BCUT2D eigenvalue weighted by molar-refractivity contribution is -0.124. The van der Waals surface area contributed by atoms with Crippen LogP contribution in [0.2, 0.25) is 5.02 Å². The van der Waals surface area contributed by atoms with Crippen LogP contribution in [-0.4, -0.2) is 35.8 Å². The van der Waals surface area contributed by atoms with Crippen LogP contribution in [0.15, 0.2) is 64.3 Å². The minimum absolute atomic E-state index is 0.00907. The summed E-state index contributed by atoms with van der Waals surface area (Å²) >= 11 is 7.40. The van der Waals surface area contributed by atoms with E-state index in [0.717, 1.165) is 4.90 Å². The van der Waals surface area contributed by atoms with Crippen LogP contribution in [0.4, 0.5) is 0 Å². The molecule has 3 rings (SSSR count). The summed E-state index contributed by atoms with van der Waals surface area (Å²) in [4.78, 5) is 39.9. The number of benzene rings is 2. The molecular formula is C20H17ClN2O4S. The number of thioether (sulfide) groups is 1. The van der Waals surface area contributed by atoms with Gasteiger partial charge in [0, 0.05) is 39.2 Å². The van der Waals surface area contributed by atoms with Gasteiger partial charge in [-0.15, -0.1) is 11.8 Å². The Balaban J connectivity index is 1.44. The van der Waals surface area contributed by atoms with Gasteiger partial charge in [0.25, 0.3) is 5.91 Å². The molecule has 2 aromatic carbocycles. The van der Waals surface area contributed by atoms with Crippen LogP contribution in [0.3, 0.4) is 0 Å². The minimum atomic E-state index is -0.756. The van der Waals surface area contributed by atoms with Crippen LogP contribution in [-0.2, 0) is 9.53 Å². The molecule has 2 N–H and O–H groups in total. The predicted octanol–water partition coefficient (Wildman–Crippen LogP) is 3.25. The molecule has 0 atom stereocenters. The quantitative estimate of drug-likeness (QED) is 0.350. The first-order valence-corrected chi connectivity index (χ1v) is 9.83. The van der Waals surface area contributed by atoms with Gasteiger partial charge in [-0.05, 0) is 36.4 Å². The highest BCUT2D eigenvalue weighted by Crippen LogP contribution is 2.19. The lowest BCUT2D eigenvalue weighted by atomic mass is 10.2. The fourth-order valence-electron chi connectivity index (χ4n) is 2.46. The third kappa shape index (κ3) is 5.37. The fraction of sp³-hybridized carbons (Fsp3) is 0.150. The summed E-state index contributed by atoms with van der Waals surface area (Å²) in [5.41, 5.74) is 0.255. The van der Waals surface area contributed by atoms with Crippen LogP contribution < -0.4 is 10.7 Å². The molecule has 0 fully saturated rings. The maximum absolute atomic E-state index is 12.1. The molecule has 1 amide bonds. The number of halogens is 1. The number of para-hydroxylation sites is 1. The average Bonchev–Trinajstić information content (AvgIpc) is 2.70. The van der Waals surface area contributed by atoms with Crippen molar-refractivity contribution in [3.05, 3.63) is 75.5 Å². The number of nitrogens with one attached hydrogen (secondary N) is 2. The number of pyridine rings is 1. The van der Waals surface area contributed by atoms with Gasteiger partial charge in [0.1, 0.15) is 5.69 Å². The van der Waals surface area contributed by atoms with Crippen LogP contribution >= 0.6 is 23.4 Å². The maximum Gasteiger partial charge on any atom is 0.355 e. The van der Waals surface area contributed by atoms with E-state index in [0.29, 0.717) is 28.2 Å². The molecule has 144 valence electrons. The van der Waals surface area contributed by atoms with Gasteiger partial charge in [-0.2, -0.15) is 0 Å². The number of hydrogen-bond donors (Lipinski definition) is 2. The Bertz CT molecular complexity index is 1050. The first-order chi connectivity index (χ1) is 13.5.